The highest BCUT2D eigenvalue weighted by Crippen LogP contribution is 2.27. The monoisotopic (exact) mass is 235 g/mol. The predicted octanol–water partition coefficient (Wildman–Crippen LogP) is 4.21. The van der Waals surface area contributed by atoms with Gasteiger partial charge >= 0.3 is 0 Å². The summed E-state index contributed by atoms with van der Waals surface area (Å²) in [6.45, 7) is 4.00. The Morgan fingerprint density at radius 2 is 2.19 bits per heavy atom. The molecule has 0 aliphatic carbocycles. The lowest BCUT2D eigenvalue weighted by Crippen LogP contribution is -1.87. The van der Waals surface area contributed by atoms with Crippen LogP contribution in [0.25, 0.3) is 10.6 Å². The van der Waals surface area contributed by atoms with Crippen LogP contribution < -0.4 is 0 Å². The van der Waals surface area contributed by atoms with E-state index in [1.165, 1.54) is 11.3 Å². The van der Waals surface area contributed by atoms with Crippen LogP contribution in [0.4, 0.5) is 4.39 Å². The van der Waals surface area contributed by atoms with Crippen LogP contribution in [0.2, 0.25) is 0 Å². The first kappa shape index (κ1) is 11.3. The molecular formula is C13H14FNS. The van der Waals surface area contributed by atoms with Crippen molar-refractivity contribution in [1.29, 1.82) is 0 Å². The second kappa shape index (κ2) is 4.74. The van der Waals surface area contributed by atoms with Gasteiger partial charge in [-0.1, -0.05) is 19.4 Å². The summed E-state index contributed by atoms with van der Waals surface area (Å²) in [5, 5.41) is 2.79. The van der Waals surface area contributed by atoms with Crippen molar-refractivity contribution >= 4 is 11.3 Å². The van der Waals surface area contributed by atoms with Crippen molar-refractivity contribution < 1.29 is 4.39 Å². The molecular weight excluding hydrogens is 221 g/mol. The number of nitrogens with zero attached hydrogens (tertiary/aromatic N) is 1. The Labute approximate surface area is 99.0 Å². The lowest BCUT2D eigenvalue weighted by molar-refractivity contribution is 0.630. The number of benzene rings is 1. The molecule has 0 aliphatic heterocycles. The molecule has 1 aromatic heterocycles. The highest BCUT2D eigenvalue weighted by Gasteiger charge is 2.09. The minimum atomic E-state index is -0.183. The number of aryl methyl sites for hydroxylation is 2. The zero-order valence-electron chi connectivity index (χ0n) is 9.46. The maximum Gasteiger partial charge on any atom is 0.133 e. The Morgan fingerprint density at radius 1 is 1.38 bits per heavy atom. The lowest BCUT2D eigenvalue weighted by atomic mass is 10.1. The summed E-state index contributed by atoms with van der Waals surface area (Å²) in [6, 6.07) is 5.27. The van der Waals surface area contributed by atoms with Gasteiger partial charge in [-0.05, 0) is 31.0 Å². The quantitative estimate of drug-likeness (QED) is 0.776. The fourth-order valence-corrected chi connectivity index (χ4v) is 2.48. The number of hydrogen-bond acceptors (Lipinski definition) is 2. The van der Waals surface area contributed by atoms with Gasteiger partial charge in [0.25, 0.3) is 0 Å². The van der Waals surface area contributed by atoms with Crippen molar-refractivity contribution in [3.05, 3.63) is 40.7 Å². The molecule has 3 heteroatoms. The summed E-state index contributed by atoms with van der Waals surface area (Å²) < 4.78 is 13.7. The molecule has 0 amide bonds. The first-order valence-corrected chi connectivity index (χ1v) is 6.29. The Balaban J connectivity index is 2.35. The normalized spacial score (nSPS) is 10.7. The highest BCUT2D eigenvalue weighted by molar-refractivity contribution is 7.13. The van der Waals surface area contributed by atoms with E-state index in [4.69, 9.17) is 0 Å². The molecule has 1 aromatic carbocycles. The fraction of sp³-hybridized carbons (Fsp3) is 0.308. The zero-order valence-corrected chi connectivity index (χ0v) is 10.3. The number of rotatable bonds is 3. The van der Waals surface area contributed by atoms with Gasteiger partial charge in [-0.25, -0.2) is 9.37 Å². The second-order valence-electron chi connectivity index (χ2n) is 3.88. The van der Waals surface area contributed by atoms with E-state index in [-0.39, 0.29) is 5.82 Å². The van der Waals surface area contributed by atoms with Gasteiger partial charge in [-0.2, -0.15) is 0 Å². The Morgan fingerprint density at radius 3 is 2.88 bits per heavy atom. The molecule has 0 bridgehead atoms. The zero-order chi connectivity index (χ0) is 11.5. The van der Waals surface area contributed by atoms with Crippen LogP contribution in [0.5, 0.6) is 0 Å². The van der Waals surface area contributed by atoms with Crippen molar-refractivity contribution in [1.82, 2.24) is 4.98 Å². The van der Waals surface area contributed by atoms with Crippen molar-refractivity contribution in [2.75, 3.05) is 0 Å². The van der Waals surface area contributed by atoms with Crippen molar-refractivity contribution in [2.45, 2.75) is 26.7 Å². The molecule has 1 heterocycles. The van der Waals surface area contributed by atoms with E-state index in [2.05, 4.69) is 11.9 Å². The third-order valence-corrected chi connectivity index (χ3v) is 3.34. The summed E-state index contributed by atoms with van der Waals surface area (Å²) >= 11 is 1.51. The smallest absolute Gasteiger partial charge is 0.133 e. The van der Waals surface area contributed by atoms with E-state index < -0.39 is 0 Å². The summed E-state index contributed by atoms with van der Waals surface area (Å²) in [5.41, 5.74) is 2.60. The van der Waals surface area contributed by atoms with E-state index in [0.29, 0.717) is 5.56 Å². The predicted molar refractivity (Wildman–Crippen MR) is 66.2 cm³/mol. The molecule has 1 nitrogen and oxygen atoms in total. The molecule has 0 spiro atoms. The standard InChI is InChI=1S/C13H14FNS/c1-3-4-10-8-16-13(15-10)11-6-5-9(2)7-12(11)14/h5-8H,3-4H2,1-2H3. The molecule has 0 atom stereocenters. The molecule has 0 saturated heterocycles. The molecule has 0 fully saturated rings. The summed E-state index contributed by atoms with van der Waals surface area (Å²) in [6.07, 6.45) is 2.03. The Kier molecular flexibility index (Phi) is 3.34. The van der Waals surface area contributed by atoms with E-state index >= 15 is 0 Å². The molecule has 2 aromatic rings. The maximum atomic E-state index is 13.7. The van der Waals surface area contributed by atoms with Crippen LogP contribution in [0.15, 0.2) is 23.6 Å². The van der Waals surface area contributed by atoms with Gasteiger partial charge in [-0.15, -0.1) is 11.3 Å². The molecule has 0 unspecified atom stereocenters. The number of aromatic nitrogens is 1. The third-order valence-electron chi connectivity index (χ3n) is 2.41. The number of halogens is 1. The first-order valence-electron chi connectivity index (χ1n) is 5.41. The van der Waals surface area contributed by atoms with Gasteiger partial charge in [-0.3, -0.25) is 0 Å². The average Bonchev–Trinajstić information content (AvgIpc) is 2.67. The van der Waals surface area contributed by atoms with Gasteiger partial charge in [0.05, 0.1) is 5.69 Å². The van der Waals surface area contributed by atoms with E-state index in [1.807, 2.05) is 18.4 Å². The lowest BCUT2D eigenvalue weighted by Gasteiger charge is -1.99. The minimum absolute atomic E-state index is 0.183. The topological polar surface area (TPSA) is 12.9 Å². The molecule has 2 rings (SSSR count). The van der Waals surface area contributed by atoms with Crippen LogP contribution in [-0.2, 0) is 6.42 Å². The van der Waals surface area contributed by atoms with Gasteiger partial charge in [0.1, 0.15) is 10.8 Å². The Hall–Kier alpha value is -1.22. The van der Waals surface area contributed by atoms with Crippen LogP contribution in [0.1, 0.15) is 24.6 Å². The van der Waals surface area contributed by atoms with E-state index in [1.54, 1.807) is 12.1 Å². The SMILES string of the molecule is CCCc1csc(-c2ccc(C)cc2F)n1. The minimum Gasteiger partial charge on any atom is -0.241 e. The van der Waals surface area contributed by atoms with Crippen molar-refractivity contribution in [2.24, 2.45) is 0 Å². The Bertz CT molecular complexity index is 490. The van der Waals surface area contributed by atoms with Gasteiger partial charge in [0, 0.05) is 10.9 Å². The second-order valence-corrected chi connectivity index (χ2v) is 4.74. The van der Waals surface area contributed by atoms with Crippen LogP contribution in [0.3, 0.4) is 0 Å². The first-order chi connectivity index (χ1) is 7.70. The third kappa shape index (κ3) is 2.30. The van der Waals surface area contributed by atoms with Gasteiger partial charge in [0.15, 0.2) is 0 Å². The number of thiazole rings is 1. The summed E-state index contributed by atoms with van der Waals surface area (Å²) in [5.74, 6) is -0.183. The van der Waals surface area contributed by atoms with Crippen molar-refractivity contribution in [3.63, 3.8) is 0 Å². The highest BCUT2D eigenvalue weighted by atomic mass is 32.1. The van der Waals surface area contributed by atoms with Gasteiger partial charge in [0.2, 0.25) is 0 Å². The molecule has 84 valence electrons. The largest absolute Gasteiger partial charge is 0.241 e. The molecule has 0 radical (unpaired) electrons. The average molecular weight is 235 g/mol. The van der Waals surface area contributed by atoms with Crippen LogP contribution in [-0.4, -0.2) is 4.98 Å². The summed E-state index contributed by atoms with van der Waals surface area (Å²) in [7, 11) is 0. The van der Waals surface area contributed by atoms with Crippen molar-refractivity contribution in [3.8, 4) is 10.6 Å². The molecule has 0 N–H and O–H groups in total. The van der Waals surface area contributed by atoms with Crippen LogP contribution in [0, 0.1) is 12.7 Å². The summed E-state index contributed by atoms with van der Waals surface area (Å²) in [4.78, 5) is 4.44. The molecule has 16 heavy (non-hydrogen) atoms. The molecule has 0 aliphatic rings. The van der Waals surface area contributed by atoms with Gasteiger partial charge < -0.3 is 0 Å². The number of hydrogen-bond donors (Lipinski definition) is 0. The van der Waals surface area contributed by atoms with E-state index in [9.17, 15) is 4.39 Å². The maximum absolute atomic E-state index is 13.7. The van der Waals surface area contributed by atoms with Crippen LogP contribution >= 0.6 is 11.3 Å². The fourth-order valence-electron chi connectivity index (χ4n) is 1.60. The molecule has 0 saturated carbocycles. The van der Waals surface area contributed by atoms with E-state index in [0.717, 1.165) is 29.1 Å².